The molecule has 0 aromatic rings. The first-order valence-electron chi connectivity index (χ1n) is 31.1. The zero-order valence-electron chi connectivity index (χ0n) is 51.9. The van der Waals surface area contributed by atoms with Crippen molar-refractivity contribution in [2.75, 3.05) is 119 Å². The van der Waals surface area contributed by atoms with Crippen molar-refractivity contribution < 1.29 is 47.4 Å². The molecule has 0 N–H and O–H groups in total. The van der Waals surface area contributed by atoms with Crippen molar-refractivity contribution in [1.29, 1.82) is 0 Å². The molecule has 8 aliphatic rings. The second-order valence-electron chi connectivity index (χ2n) is 26.3. The Morgan fingerprint density at radius 1 is 0.243 bits per heavy atom. The van der Waals surface area contributed by atoms with Gasteiger partial charge in [-0.1, -0.05) is 111 Å². The topological polar surface area (TPSA) is 92.3 Å². The lowest BCUT2D eigenvalue weighted by atomic mass is 9.89. The molecule has 8 heterocycles. The lowest BCUT2D eigenvalue weighted by molar-refractivity contribution is -0.134. The lowest BCUT2D eigenvalue weighted by Gasteiger charge is -2.24. The quantitative estimate of drug-likeness (QED) is 0.188. The molecule has 8 rings (SSSR count). The summed E-state index contributed by atoms with van der Waals surface area (Å²) >= 11 is 0. The van der Waals surface area contributed by atoms with Crippen LogP contribution >= 0.6 is 0 Å². The Hall–Kier alpha value is -0.400. The molecule has 4 unspecified atom stereocenters. The van der Waals surface area contributed by atoms with Crippen LogP contribution in [0.2, 0.25) is 0 Å². The predicted octanol–water partition coefficient (Wildman–Crippen LogP) is 15.7. The molecule has 10 nitrogen and oxygen atoms in total. The molecule has 10 heteroatoms. The minimum absolute atomic E-state index is 0.489. The van der Waals surface area contributed by atoms with Crippen molar-refractivity contribution in [2.24, 2.45) is 94.7 Å². The Balaban J connectivity index is 0.000000423. The van der Waals surface area contributed by atoms with Crippen molar-refractivity contribution in [3.8, 4) is 0 Å². The smallest absolute Gasteiger partial charge is 0.146 e. The molecule has 74 heavy (non-hydrogen) atoms. The van der Waals surface area contributed by atoms with E-state index in [0.717, 1.165) is 183 Å². The number of ether oxygens (including phenoxy) is 10. The molecule has 8 fully saturated rings. The van der Waals surface area contributed by atoms with Crippen LogP contribution in [-0.4, -0.2) is 119 Å². The number of hydrogen-bond donors (Lipinski definition) is 0. The highest BCUT2D eigenvalue weighted by Gasteiger charge is 2.21. The fraction of sp³-hybridized carbons (Fsp3) is 1.00. The van der Waals surface area contributed by atoms with Crippen LogP contribution in [0.1, 0.15) is 201 Å². The van der Waals surface area contributed by atoms with Gasteiger partial charge in [-0.3, -0.25) is 0 Å². The van der Waals surface area contributed by atoms with Gasteiger partial charge in [0.25, 0.3) is 0 Å². The van der Waals surface area contributed by atoms with Gasteiger partial charge in [-0.05, 0) is 173 Å². The molecule has 0 aliphatic carbocycles. The first-order chi connectivity index (χ1) is 35.4. The second-order valence-corrected chi connectivity index (χ2v) is 26.3. The van der Waals surface area contributed by atoms with E-state index < -0.39 is 0 Å². The molecule has 8 aliphatic heterocycles. The summed E-state index contributed by atoms with van der Waals surface area (Å²) in [7, 11) is 0. The summed E-state index contributed by atoms with van der Waals surface area (Å²) in [4.78, 5) is 0. The summed E-state index contributed by atoms with van der Waals surface area (Å²) in [5, 5.41) is 0. The molecule has 0 radical (unpaired) electrons. The van der Waals surface area contributed by atoms with Gasteiger partial charge in [-0.2, -0.15) is 0 Å². The van der Waals surface area contributed by atoms with Crippen LogP contribution in [0, 0.1) is 94.7 Å². The van der Waals surface area contributed by atoms with Crippen LogP contribution in [0.15, 0.2) is 0 Å². The summed E-state index contributed by atoms with van der Waals surface area (Å²) in [6.45, 7) is 52.7. The minimum Gasteiger partial charge on any atom is -0.381 e. The molecule has 0 amide bonds. The highest BCUT2D eigenvalue weighted by atomic mass is 16.7. The van der Waals surface area contributed by atoms with Crippen molar-refractivity contribution in [3.05, 3.63) is 0 Å². The average Bonchev–Trinajstić information content (AvgIpc) is 4.13. The van der Waals surface area contributed by atoms with E-state index in [4.69, 9.17) is 47.4 Å². The maximum absolute atomic E-state index is 5.38. The molecule has 0 spiro atoms. The van der Waals surface area contributed by atoms with Gasteiger partial charge in [0.15, 0.2) is 0 Å². The van der Waals surface area contributed by atoms with Gasteiger partial charge in [0.1, 0.15) is 13.6 Å². The molecule has 8 saturated heterocycles. The first kappa shape index (κ1) is 71.6. The van der Waals surface area contributed by atoms with E-state index in [1.807, 2.05) is 0 Å². The summed E-state index contributed by atoms with van der Waals surface area (Å²) in [6, 6.07) is 0. The third kappa shape index (κ3) is 40.7. The molecule has 0 saturated carbocycles. The van der Waals surface area contributed by atoms with Gasteiger partial charge in [0.05, 0.1) is 26.4 Å². The van der Waals surface area contributed by atoms with Gasteiger partial charge in [-0.15, -0.1) is 0 Å². The Morgan fingerprint density at radius 2 is 0.541 bits per heavy atom. The Bertz CT molecular complexity index is 1040. The highest BCUT2D eigenvalue weighted by molar-refractivity contribution is 4.70. The van der Waals surface area contributed by atoms with Gasteiger partial charge >= 0.3 is 0 Å². The van der Waals surface area contributed by atoms with E-state index in [2.05, 4.69) is 111 Å². The number of hydrogen-bond acceptors (Lipinski definition) is 10. The minimum atomic E-state index is 0.489. The van der Waals surface area contributed by atoms with E-state index in [0.29, 0.717) is 31.3 Å². The third-order valence-electron chi connectivity index (χ3n) is 15.7. The summed E-state index contributed by atoms with van der Waals surface area (Å²) in [5.74, 6) is 13.0. The maximum Gasteiger partial charge on any atom is 0.146 e. The third-order valence-corrected chi connectivity index (χ3v) is 15.7. The monoisotopic (exact) mass is 1060 g/mol. The van der Waals surface area contributed by atoms with Gasteiger partial charge < -0.3 is 47.4 Å². The molecular weight excluding hydrogens is 929 g/mol. The predicted molar refractivity (Wildman–Crippen MR) is 310 cm³/mol. The van der Waals surface area contributed by atoms with Crippen LogP contribution in [-0.2, 0) is 47.4 Å². The summed E-state index contributed by atoms with van der Waals surface area (Å²) in [5.41, 5.74) is 0. The fourth-order valence-corrected chi connectivity index (χ4v) is 10.7. The molecule has 444 valence electrons. The van der Waals surface area contributed by atoms with Crippen LogP contribution < -0.4 is 0 Å². The van der Waals surface area contributed by atoms with Crippen molar-refractivity contribution in [1.82, 2.24) is 0 Å². The zero-order chi connectivity index (χ0) is 54.9. The van der Waals surface area contributed by atoms with Crippen molar-refractivity contribution >= 4 is 0 Å². The Morgan fingerprint density at radius 3 is 0.892 bits per heavy atom. The fourth-order valence-electron chi connectivity index (χ4n) is 10.7. The highest BCUT2D eigenvalue weighted by Crippen LogP contribution is 2.26. The maximum atomic E-state index is 5.38. The molecular formula is C64H128O10. The molecule has 0 bridgehead atoms. The zero-order valence-corrected chi connectivity index (χ0v) is 51.9. The number of rotatable bonds is 12. The van der Waals surface area contributed by atoms with E-state index >= 15 is 0 Å². The summed E-state index contributed by atoms with van der Waals surface area (Å²) < 4.78 is 52.3. The van der Waals surface area contributed by atoms with Gasteiger partial charge in [0, 0.05) is 91.1 Å². The van der Waals surface area contributed by atoms with Crippen LogP contribution in [0.25, 0.3) is 0 Å². The Kier molecular flexibility index (Phi) is 44.9. The molecule has 0 aromatic heterocycles. The first-order valence-corrected chi connectivity index (χ1v) is 31.1. The largest absolute Gasteiger partial charge is 0.381 e. The van der Waals surface area contributed by atoms with E-state index in [9.17, 15) is 0 Å². The van der Waals surface area contributed by atoms with Gasteiger partial charge in [0.2, 0.25) is 0 Å². The van der Waals surface area contributed by atoms with Gasteiger partial charge in [-0.25, -0.2) is 0 Å². The van der Waals surface area contributed by atoms with Crippen LogP contribution in [0.4, 0.5) is 0 Å². The molecule has 0 aromatic carbocycles. The standard InChI is InChI=1S/2C9H18O.C8H16O2.3C8H16O.C7H14O2.C7H14O/c1-8(2)7-9-3-5-10-6-4-9;1-8(2)6-9-4-3-5-10-7-9;1-7(2)3-8-4-9-6-10-5-8;1-7(2)8-3-5-9-6-4-8;1-7(2)5-8-3-4-9-6-8;1-7(2)8-4-3-5-9-6-8;1-6(2)7-3-8-5-9-4-7;1-6(2)7-3-4-8-5-7/h2*8-9H,3-7H2,1-2H3;7-8H,3-6H2,1-2H3;3*7-8H,3-6H2,1-2H3;6-7H,3-5H2,1-2H3;6-7H,3-5H2,1-2H3. The van der Waals surface area contributed by atoms with Crippen LogP contribution in [0.5, 0.6) is 0 Å². The van der Waals surface area contributed by atoms with E-state index in [1.54, 1.807) is 0 Å². The Labute approximate surface area is 460 Å². The SMILES string of the molecule is CC(C)C1CCCOC1.CC(C)C1CCOC1.CC(C)C1CCOCC1.CC(C)C1COCOC1.CC(C)CC1CCCOC1.CC(C)CC1CCOC1.CC(C)CC1CCOCC1.CC(C)CC1COCOC1. The normalized spacial score (nSPS) is 25.3. The lowest BCUT2D eigenvalue weighted by Crippen LogP contribution is -2.27. The van der Waals surface area contributed by atoms with Crippen molar-refractivity contribution in [3.63, 3.8) is 0 Å². The van der Waals surface area contributed by atoms with Crippen molar-refractivity contribution in [2.45, 2.75) is 201 Å². The summed E-state index contributed by atoms with van der Waals surface area (Å²) in [6.07, 6.45) is 18.3. The average molecular weight is 1060 g/mol. The second kappa shape index (κ2) is 46.4. The molecule has 4 atom stereocenters. The van der Waals surface area contributed by atoms with E-state index in [1.165, 1.54) is 89.9 Å². The van der Waals surface area contributed by atoms with E-state index in [-0.39, 0.29) is 0 Å². The van der Waals surface area contributed by atoms with Crippen LogP contribution in [0.3, 0.4) is 0 Å².